The van der Waals surface area contributed by atoms with Gasteiger partial charge in [0.25, 0.3) is 5.91 Å². The van der Waals surface area contributed by atoms with E-state index < -0.39 is 97.6 Å². The predicted molar refractivity (Wildman–Crippen MR) is 172 cm³/mol. The number of hydroxylamine groups is 1. The Hall–Kier alpha value is -4.85. The molecule has 278 valence electrons. The molecule has 0 aromatic rings. The van der Waals surface area contributed by atoms with Crippen LogP contribution in [-0.4, -0.2) is 109 Å². The van der Waals surface area contributed by atoms with E-state index >= 15 is 0 Å². The topological polar surface area (TPSA) is 319 Å². The van der Waals surface area contributed by atoms with Gasteiger partial charge in [-0.2, -0.15) is 0 Å². The maximum atomic E-state index is 12.9. The lowest BCUT2D eigenvalue weighted by molar-refractivity contribution is -0.144. The van der Waals surface area contributed by atoms with Crippen molar-refractivity contribution in [1.29, 1.82) is 0 Å². The van der Waals surface area contributed by atoms with Gasteiger partial charge in [-0.25, -0.2) is 5.48 Å². The molecule has 4 unspecified atom stereocenters. The maximum absolute atomic E-state index is 12.9. The smallest absolute Gasteiger partial charge is 0.305 e. The Bertz CT molecular complexity index is 1170. The summed E-state index contributed by atoms with van der Waals surface area (Å²) >= 11 is 0. The third kappa shape index (κ3) is 20.9. The van der Waals surface area contributed by atoms with Crippen LogP contribution in [0.5, 0.6) is 0 Å². The van der Waals surface area contributed by atoms with E-state index in [0.29, 0.717) is 25.8 Å². The number of nitrogens with two attached hydrogens (primary N) is 2. The summed E-state index contributed by atoms with van der Waals surface area (Å²) in [5.41, 5.74) is 12.2. The number of rotatable bonds is 10. The van der Waals surface area contributed by atoms with E-state index in [9.17, 15) is 43.2 Å². The summed E-state index contributed by atoms with van der Waals surface area (Å²) in [7, 11) is 0. The molecule has 0 aromatic heterocycles. The van der Waals surface area contributed by atoms with Crippen molar-refractivity contribution in [2.75, 3.05) is 26.2 Å². The Balaban J connectivity index is 0.00000350. The minimum absolute atomic E-state index is 0.0646. The van der Waals surface area contributed by atoms with Crippen molar-refractivity contribution in [2.24, 2.45) is 17.4 Å². The van der Waals surface area contributed by atoms with Crippen LogP contribution in [0.1, 0.15) is 72.6 Å². The first-order chi connectivity index (χ1) is 23.0. The zero-order chi connectivity index (χ0) is 37.5. The van der Waals surface area contributed by atoms with E-state index in [1.54, 1.807) is 13.8 Å². The molecule has 20 nitrogen and oxygen atoms in total. The number of unbranched alkanes of at least 4 members (excludes halogenated alkanes) is 1. The van der Waals surface area contributed by atoms with Crippen LogP contribution in [-0.2, 0) is 48.0 Å². The van der Waals surface area contributed by atoms with Crippen molar-refractivity contribution in [3.63, 3.8) is 0 Å². The maximum Gasteiger partial charge on any atom is 0.305 e. The molecule has 8 amide bonds. The molecule has 4 atom stereocenters. The zero-order valence-corrected chi connectivity index (χ0v) is 28.3. The number of carbonyl (C=O) groups excluding carboxylic acids is 8. The van der Waals surface area contributed by atoms with E-state index in [1.165, 1.54) is 6.92 Å². The van der Waals surface area contributed by atoms with Crippen LogP contribution in [0.25, 0.3) is 0 Å². The Morgan fingerprint density at radius 3 is 1.86 bits per heavy atom. The SMILES string of the molecule is CC(C)CC1NC(=O)CNC(=O)C(CC(=O)O)NC(=O)CONC(=O)C(C)NC(=O)C(CCCCN)NC(=O)CNC1=O.CCCC(N)=O. The lowest BCUT2D eigenvalue weighted by Crippen LogP contribution is -2.56. The van der Waals surface area contributed by atoms with Crippen LogP contribution in [0.15, 0.2) is 0 Å². The molecule has 20 heteroatoms. The van der Waals surface area contributed by atoms with Crippen molar-refractivity contribution in [3.05, 3.63) is 0 Å². The standard InChI is InChI=1S/C25H42N8O10.C4H9NO/c1-13(2)8-16-23(40)27-10-18(34)30-15(6-4-5-7-26)25(42)29-14(3)22(39)33-43-12-20(36)32-17(9-21(37)38)24(41)28-11-19(35)31-16;1-2-3-4(5)6/h13-17H,4-12,26H2,1-3H3,(H,27,40)(H,28,41)(H,29,42)(H,30,34)(H,31,35)(H,32,36)(H,33,39)(H,37,38);2-3H2,1H3,(H2,5,6). The van der Waals surface area contributed by atoms with Crippen LogP contribution in [0.4, 0.5) is 0 Å². The number of carboxylic acid groups (broad SMARTS) is 1. The molecule has 1 heterocycles. The van der Waals surface area contributed by atoms with Gasteiger partial charge in [-0.05, 0) is 51.5 Å². The number of hydrogen-bond acceptors (Lipinski definition) is 11. The highest BCUT2D eigenvalue weighted by molar-refractivity contribution is 5.96. The summed E-state index contributed by atoms with van der Waals surface area (Å²) in [4.78, 5) is 114. The molecule has 0 aromatic carbocycles. The Kier molecular flexibility index (Phi) is 21.9. The van der Waals surface area contributed by atoms with E-state index in [1.807, 2.05) is 12.4 Å². The van der Waals surface area contributed by atoms with Crippen LogP contribution < -0.4 is 48.8 Å². The molecule has 0 spiro atoms. The zero-order valence-electron chi connectivity index (χ0n) is 28.3. The third-order valence-electron chi connectivity index (χ3n) is 6.46. The fraction of sp³-hybridized carbons (Fsp3) is 0.690. The summed E-state index contributed by atoms with van der Waals surface area (Å²) in [5, 5.41) is 23.3. The van der Waals surface area contributed by atoms with Gasteiger partial charge < -0.3 is 48.5 Å². The summed E-state index contributed by atoms with van der Waals surface area (Å²) in [6, 6.07) is -4.94. The molecular weight excluding hydrogens is 650 g/mol. The van der Waals surface area contributed by atoms with Gasteiger partial charge in [0.2, 0.25) is 41.4 Å². The molecule has 1 saturated heterocycles. The van der Waals surface area contributed by atoms with Gasteiger partial charge >= 0.3 is 5.97 Å². The predicted octanol–water partition coefficient (Wildman–Crippen LogP) is -3.84. The third-order valence-corrected chi connectivity index (χ3v) is 6.46. The van der Waals surface area contributed by atoms with E-state index in [-0.39, 0.29) is 24.7 Å². The number of amides is 8. The van der Waals surface area contributed by atoms with Crippen LogP contribution in [0.2, 0.25) is 0 Å². The number of nitrogens with one attached hydrogen (secondary N) is 7. The van der Waals surface area contributed by atoms with Crippen LogP contribution in [0.3, 0.4) is 0 Å². The van der Waals surface area contributed by atoms with Crippen molar-refractivity contribution in [3.8, 4) is 0 Å². The highest BCUT2D eigenvalue weighted by Crippen LogP contribution is 2.06. The number of carboxylic acids is 1. The highest BCUT2D eigenvalue weighted by atomic mass is 16.7. The van der Waals surface area contributed by atoms with E-state index in [2.05, 4.69) is 31.9 Å². The molecule has 0 radical (unpaired) electrons. The first kappa shape index (κ1) is 44.1. The van der Waals surface area contributed by atoms with Crippen molar-refractivity contribution >= 4 is 53.2 Å². The molecule has 12 N–H and O–H groups in total. The molecule has 0 aliphatic carbocycles. The monoisotopic (exact) mass is 701 g/mol. The van der Waals surface area contributed by atoms with Gasteiger partial charge in [-0.1, -0.05) is 20.8 Å². The van der Waals surface area contributed by atoms with Crippen molar-refractivity contribution < 1.29 is 53.1 Å². The van der Waals surface area contributed by atoms with Crippen molar-refractivity contribution in [2.45, 2.75) is 96.8 Å². The van der Waals surface area contributed by atoms with Gasteiger partial charge in [0.05, 0.1) is 19.5 Å². The van der Waals surface area contributed by atoms with Gasteiger partial charge in [-0.3, -0.25) is 48.0 Å². The summed E-state index contributed by atoms with van der Waals surface area (Å²) in [5.74, 6) is -7.43. The molecule has 1 aliphatic heterocycles. The minimum Gasteiger partial charge on any atom is -0.481 e. The molecule has 49 heavy (non-hydrogen) atoms. The number of aliphatic carboxylic acids is 1. The second kappa shape index (κ2) is 24.3. The molecule has 1 aliphatic rings. The fourth-order valence-electron chi connectivity index (χ4n) is 4.04. The second-order valence-electron chi connectivity index (χ2n) is 11.5. The minimum atomic E-state index is -1.60. The molecule has 0 saturated carbocycles. The molecule has 0 bridgehead atoms. The van der Waals surface area contributed by atoms with Gasteiger partial charge in [0.15, 0.2) is 6.61 Å². The number of carbonyl (C=O) groups is 9. The average molecular weight is 702 g/mol. The molecule has 1 fully saturated rings. The molecular formula is C29H51N9O11. The summed E-state index contributed by atoms with van der Waals surface area (Å²) < 4.78 is 0. The van der Waals surface area contributed by atoms with Crippen LogP contribution in [0, 0.1) is 5.92 Å². The van der Waals surface area contributed by atoms with Crippen molar-refractivity contribution in [1.82, 2.24) is 37.4 Å². The average Bonchev–Trinajstić information content (AvgIpc) is 3.00. The van der Waals surface area contributed by atoms with E-state index in [0.717, 1.165) is 6.42 Å². The highest BCUT2D eigenvalue weighted by Gasteiger charge is 2.28. The van der Waals surface area contributed by atoms with Crippen LogP contribution >= 0.6 is 0 Å². The van der Waals surface area contributed by atoms with E-state index in [4.69, 9.17) is 21.4 Å². The first-order valence-electron chi connectivity index (χ1n) is 15.9. The lowest BCUT2D eigenvalue weighted by Gasteiger charge is -2.23. The lowest BCUT2D eigenvalue weighted by atomic mass is 10.0. The number of primary amides is 1. The summed E-state index contributed by atoms with van der Waals surface area (Å²) in [6.07, 6.45) is 1.93. The fourth-order valence-corrected chi connectivity index (χ4v) is 4.04. The first-order valence-corrected chi connectivity index (χ1v) is 15.9. The Labute approximate surface area is 284 Å². The Morgan fingerprint density at radius 1 is 0.816 bits per heavy atom. The Morgan fingerprint density at radius 2 is 1.37 bits per heavy atom. The quantitative estimate of drug-likeness (QED) is 0.0980. The summed E-state index contributed by atoms with van der Waals surface area (Å²) in [6.45, 7) is 5.19. The normalized spacial score (nSPS) is 22.2. The van der Waals surface area contributed by atoms with Gasteiger partial charge in [-0.15, -0.1) is 0 Å². The second-order valence-corrected chi connectivity index (χ2v) is 11.5. The largest absolute Gasteiger partial charge is 0.481 e. The number of hydrogen-bond donors (Lipinski definition) is 10. The van der Waals surface area contributed by atoms with Gasteiger partial charge in [0, 0.05) is 6.42 Å². The van der Waals surface area contributed by atoms with Gasteiger partial charge in [0.1, 0.15) is 24.2 Å². The molecule has 1 rings (SSSR count).